The maximum Gasteiger partial charge on any atom is 0.303 e. The molecule has 0 unspecified atom stereocenters. The molecule has 0 aromatic rings. The molecule has 58 valence electrons. The molecule has 0 amide bonds. The van der Waals surface area contributed by atoms with Gasteiger partial charge < -0.3 is 5.11 Å². The van der Waals surface area contributed by atoms with E-state index in [1.807, 2.05) is 0 Å². The number of rotatable bonds is 4. The van der Waals surface area contributed by atoms with Crippen LogP contribution in [0.1, 0.15) is 12.8 Å². The van der Waals surface area contributed by atoms with Gasteiger partial charge in [-0.1, -0.05) is 0 Å². The highest BCUT2D eigenvalue weighted by atomic mass is 16.4. The van der Waals surface area contributed by atoms with Crippen molar-refractivity contribution in [2.75, 3.05) is 0 Å². The van der Waals surface area contributed by atoms with E-state index in [1.54, 1.807) is 0 Å². The van der Waals surface area contributed by atoms with Gasteiger partial charge in [-0.15, -0.1) is 0 Å². The minimum Gasteiger partial charge on any atom is -0.481 e. The number of nitrogens with two attached hydrogens (primary N) is 2. The Labute approximate surface area is 57.7 Å². The van der Waals surface area contributed by atoms with E-state index in [9.17, 15) is 4.79 Å². The van der Waals surface area contributed by atoms with E-state index in [4.69, 9.17) is 22.1 Å². The second-order valence-electron chi connectivity index (χ2n) is 2.00. The van der Waals surface area contributed by atoms with Crippen LogP contribution in [0.25, 0.3) is 0 Å². The smallest absolute Gasteiger partial charge is 0.303 e. The minimum atomic E-state index is -1.52. The fourth-order valence-corrected chi connectivity index (χ4v) is 0.363. The van der Waals surface area contributed by atoms with Crippen molar-refractivity contribution in [3.8, 4) is 0 Å². The van der Waals surface area contributed by atoms with Crippen molar-refractivity contribution in [3.05, 3.63) is 0 Å². The molecule has 0 aromatic heterocycles. The molecule has 0 aliphatic carbocycles. The largest absolute Gasteiger partial charge is 0.481 e. The molecule has 10 heavy (non-hydrogen) atoms. The molecule has 0 heterocycles. The third-order valence-electron chi connectivity index (χ3n) is 0.948. The van der Waals surface area contributed by atoms with Gasteiger partial charge in [-0.2, -0.15) is 5.11 Å². The molecule has 0 saturated carbocycles. The van der Waals surface area contributed by atoms with E-state index in [0.717, 1.165) is 0 Å². The molecule has 6 nitrogen and oxygen atoms in total. The number of hydrogen-bond acceptors (Lipinski definition) is 5. The van der Waals surface area contributed by atoms with Gasteiger partial charge in [0.2, 0.25) is 0 Å². The van der Waals surface area contributed by atoms with E-state index in [2.05, 4.69) is 5.11 Å². The van der Waals surface area contributed by atoms with Crippen LogP contribution in [0.15, 0.2) is 5.11 Å². The second kappa shape index (κ2) is 3.23. The summed E-state index contributed by atoms with van der Waals surface area (Å²) in [6.45, 7) is 0. The van der Waals surface area contributed by atoms with Crippen LogP contribution >= 0.6 is 0 Å². The number of carboxylic acid groups (broad SMARTS) is 1. The fraction of sp³-hybridized carbons (Fsp3) is 0.750. The van der Waals surface area contributed by atoms with Crippen LogP contribution < -0.4 is 11.5 Å². The molecule has 0 spiro atoms. The Kier molecular flexibility index (Phi) is 2.91. The number of nitrogens with zero attached hydrogens (tertiary/aromatic N) is 1. The molecule has 0 radical (unpaired) electrons. The lowest BCUT2D eigenvalue weighted by atomic mass is 10.2. The van der Waals surface area contributed by atoms with Gasteiger partial charge >= 0.3 is 5.97 Å². The Morgan fingerprint density at radius 1 is 1.70 bits per heavy atom. The zero-order valence-electron chi connectivity index (χ0n) is 5.37. The standard InChI is InChI=1S/C4H10N4O2/c5-4(6,8-7)2-1-3(9)10/h7H,1-2,5-6H2,(H,9,10). The van der Waals surface area contributed by atoms with E-state index in [1.165, 1.54) is 0 Å². The van der Waals surface area contributed by atoms with Crippen LogP contribution in [0.2, 0.25) is 0 Å². The van der Waals surface area contributed by atoms with E-state index >= 15 is 0 Å². The Bertz CT molecular complexity index is 144. The number of nitrogens with one attached hydrogen (secondary N) is 1. The van der Waals surface area contributed by atoms with Gasteiger partial charge in [0.1, 0.15) is 0 Å². The van der Waals surface area contributed by atoms with E-state index in [-0.39, 0.29) is 12.8 Å². The lowest BCUT2D eigenvalue weighted by molar-refractivity contribution is -0.137. The van der Waals surface area contributed by atoms with Gasteiger partial charge in [-0.05, 0) is 0 Å². The van der Waals surface area contributed by atoms with E-state index in [0.29, 0.717) is 0 Å². The molecule has 0 rings (SSSR count). The third-order valence-corrected chi connectivity index (χ3v) is 0.948. The maximum atomic E-state index is 9.95. The summed E-state index contributed by atoms with van der Waals surface area (Å²) in [5.74, 6) is -2.51. The van der Waals surface area contributed by atoms with E-state index < -0.39 is 11.8 Å². The predicted molar refractivity (Wildman–Crippen MR) is 33.1 cm³/mol. The summed E-state index contributed by atoms with van der Waals surface area (Å²) < 4.78 is 0. The summed E-state index contributed by atoms with van der Waals surface area (Å²) in [4.78, 5) is 9.95. The molecule has 0 fully saturated rings. The molecule has 0 atom stereocenters. The molecular weight excluding hydrogens is 136 g/mol. The zero-order chi connectivity index (χ0) is 8.20. The van der Waals surface area contributed by atoms with Gasteiger partial charge in [0.25, 0.3) is 0 Å². The molecule has 0 bridgehead atoms. The van der Waals surface area contributed by atoms with Crippen molar-refractivity contribution < 1.29 is 9.90 Å². The number of carbonyl (C=O) groups is 1. The summed E-state index contributed by atoms with van der Waals surface area (Å²) in [6.07, 6.45) is -0.193. The molecule has 0 aromatic carbocycles. The highest BCUT2D eigenvalue weighted by Crippen LogP contribution is 2.02. The van der Waals surface area contributed by atoms with Gasteiger partial charge in [-0.3, -0.25) is 16.3 Å². The van der Waals surface area contributed by atoms with Crippen LogP contribution in [0.3, 0.4) is 0 Å². The Morgan fingerprint density at radius 3 is 2.50 bits per heavy atom. The van der Waals surface area contributed by atoms with Crippen molar-refractivity contribution in [2.45, 2.75) is 18.6 Å². The number of carboxylic acids is 1. The third kappa shape index (κ3) is 3.93. The first kappa shape index (κ1) is 8.99. The van der Waals surface area contributed by atoms with Gasteiger partial charge in [0, 0.05) is 6.42 Å². The predicted octanol–water partition coefficient (Wildman–Crippen LogP) is -0.547. The Hall–Kier alpha value is -1.01. The van der Waals surface area contributed by atoms with Gasteiger partial charge in [0.15, 0.2) is 5.79 Å². The summed E-state index contributed by atoms with van der Waals surface area (Å²) >= 11 is 0. The summed E-state index contributed by atoms with van der Waals surface area (Å²) in [6, 6.07) is 0. The van der Waals surface area contributed by atoms with Gasteiger partial charge in [0.05, 0.1) is 6.42 Å². The molecule has 6 heteroatoms. The monoisotopic (exact) mass is 146 g/mol. The first-order valence-electron chi connectivity index (χ1n) is 2.66. The molecular formula is C4H10N4O2. The first-order chi connectivity index (χ1) is 4.48. The fourth-order valence-electron chi connectivity index (χ4n) is 0.363. The van der Waals surface area contributed by atoms with Crippen LogP contribution in [0.5, 0.6) is 0 Å². The van der Waals surface area contributed by atoms with Crippen molar-refractivity contribution in [2.24, 2.45) is 16.6 Å². The second-order valence-corrected chi connectivity index (χ2v) is 2.00. The van der Waals surface area contributed by atoms with Crippen LogP contribution in [0, 0.1) is 5.53 Å². The topological polar surface area (TPSA) is 126 Å². The normalized spacial score (nSPS) is 11.0. The van der Waals surface area contributed by atoms with Crippen LogP contribution in [0.4, 0.5) is 0 Å². The summed E-state index contributed by atoms with van der Waals surface area (Å²) in [5, 5.41) is 11.0. The summed E-state index contributed by atoms with van der Waals surface area (Å²) in [5.41, 5.74) is 16.7. The molecule has 0 aliphatic heterocycles. The Balaban J connectivity index is 3.67. The van der Waals surface area contributed by atoms with Crippen LogP contribution in [-0.2, 0) is 4.79 Å². The molecule has 0 saturated heterocycles. The molecule has 0 aliphatic rings. The average molecular weight is 146 g/mol. The Morgan fingerprint density at radius 2 is 2.20 bits per heavy atom. The highest BCUT2D eigenvalue weighted by Gasteiger charge is 2.17. The number of aliphatic carboxylic acids is 1. The maximum absolute atomic E-state index is 9.95. The van der Waals surface area contributed by atoms with Crippen molar-refractivity contribution in [1.82, 2.24) is 0 Å². The lowest BCUT2D eigenvalue weighted by Gasteiger charge is -2.14. The SMILES string of the molecule is N=NC(N)(N)CCC(=O)O. The first-order valence-corrected chi connectivity index (χ1v) is 2.66. The molecule has 6 N–H and O–H groups in total. The quantitative estimate of drug-likeness (QED) is 0.313. The average Bonchev–Trinajstić information content (AvgIpc) is 1.85. The highest BCUT2D eigenvalue weighted by molar-refractivity contribution is 5.66. The van der Waals surface area contributed by atoms with Crippen LogP contribution in [-0.4, -0.2) is 16.9 Å². The van der Waals surface area contributed by atoms with Gasteiger partial charge in [-0.25, -0.2) is 5.53 Å². The number of hydrogen-bond donors (Lipinski definition) is 4. The van der Waals surface area contributed by atoms with Crippen molar-refractivity contribution >= 4 is 5.97 Å². The van der Waals surface area contributed by atoms with Crippen molar-refractivity contribution in [1.29, 1.82) is 5.53 Å². The summed E-state index contributed by atoms with van der Waals surface area (Å²) in [7, 11) is 0. The lowest BCUT2D eigenvalue weighted by Crippen LogP contribution is -2.47. The van der Waals surface area contributed by atoms with Crippen molar-refractivity contribution in [3.63, 3.8) is 0 Å². The zero-order valence-corrected chi connectivity index (χ0v) is 5.37. The minimum absolute atomic E-state index is 0.0220.